The molecule has 0 bridgehead atoms. The highest BCUT2D eigenvalue weighted by Gasteiger charge is 2.11. The lowest BCUT2D eigenvalue weighted by Gasteiger charge is -2.08. The molecule has 0 aliphatic rings. The average Bonchev–Trinajstić information content (AvgIpc) is 3.16. The SMILES string of the molecule is C=C(Nc1nc2cc(Oc3ccnc(C(=O)NC)c3)ccc2n1C)S/C=C(\C)c1ccncc1. The Bertz CT molecular complexity index is 1380. The molecule has 0 aliphatic carbocycles. The van der Waals surface area contributed by atoms with Crippen LogP contribution in [0.15, 0.2) is 78.1 Å². The predicted octanol–water partition coefficient (Wildman–Crippen LogP) is 5.19. The summed E-state index contributed by atoms with van der Waals surface area (Å²) in [6, 6.07) is 12.9. The van der Waals surface area contributed by atoms with E-state index in [0.29, 0.717) is 17.4 Å². The number of nitrogens with zero attached hydrogens (tertiary/aromatic N) is 4. The number of aryl methyl sites for hydroxylation is 1. The van der Waals surface area contributed by atoms with E-state index in [-0.39, 0.29) is 11.6 Å². The summed E-state index contributed by atoms with van der Waals surface area (Å²) in [5.41, 5.74) is 4.23. The third-order valence-corrected chi connectivity index (χ3v) is 5.90. The second kappa shape index (κ2) is 10.2. The number of aromatic nitrogens is 4. The number of nitrogens with one attached hydrogen (secondary N) is 2. The summed E-state index contributed by atoms with van der Waals surface area (Å²) in [5.74, 6) is 1.52. The van der Waals surface area contributed by atoms with Crippen molar-refractivity contribution in [1.29, 1.82) is 0 Å². The predicted molar refractivity (Wildman–Crippen MR) is 137 cm³/mol. The van der Waals surface area contributed by atoms with Crippen LogP contribution >= 0.6 is 11.8 Å². The van der Waals surface area contributed by atoms with E-state index in [1.54, 1.807) is 31.6 Å². The number of pyridine rings is 2. The van der Waals surface area contributed by atoms with Crippen molar-refractivity contribution in [2.45, 2.75) is 6.92 Å². The largest absolute Gasteiger partial charge is 0.457 e. The molecule has 0 unspecified atom stereocenters. The monoisotopic (exact) mass is 472 g/mol. The minimum Gasteiger partial charge on any atom is -0.457 e. The number of allylic oxidation sites excluding steroid dienone is 1. The summed E-state index contributed by atoms with van der Waals surface area (Å²) in [4.78, 5) is 24.6. The standard InChI is InChI=1S/C25H24N6O2S/c1-16(18-7-10-27-11-8-18)15-34-17(2)29-25-30-21-13-19(5-6-23(21)31(25)4)33-20-9-12-28-22(14-20)24(32)26-3/h5-15H,2H2,1,3-4H3,(H,26,32)(H,29,30)/b16-15+. The Balaban J connectivity index is 1.47. The van der Waals surface area contributed by atoms with E-state index in [0.717, 1.165) is 27.2 Å². The number of rotatable bonds is 8. The number of carbonyl (C=O) groups excluding carboxylic acids is 1. The molecule has 9 heteroatoms. The number of ether oxygens (including phenoxy) is 1. The topological polar surface area (TPSA) is 94.0 Å². The van der Waals surface area contributed by atoms with Crippen molar-refractivity contribution < 1.29 is 9.53 Å². The number of imidazole rings is 1. The third-order valence-electron chi connectivity index (χ3n) is 5.04. The zero-order valence-electron chi connectivity index (χ0n) is 19.1. The second-order valence-corrected chi connectivity index (χ2v) is 8.37. The molecule has 3 heterocycles. The van der Waals surface area contributed by atoms with Gasteiger partial charge in [-0.3, -0.25) is 14.8 Å². The van der Waals surface area contributed by atoms with Gasteiger partial charge >= 0.3 is 0 Å². The molecule has 172 valence electrons. The van der Waals surface area contributed by atoms with Gasteiger partial charge in [-0.05, 0) is 53.8 Å². The van der Waals surface area contributed by atoms with E-state index in [9.17, 15) is 4.79 Å². The molecule has 0 atom stereocenters. The van der Waals surface area contributed by atoms with Crippen LogP contribution in [0.25, 0.3) is 16.6 Å². The summed E-state index contributed by atoms with van der Waals surface area (Å²) in [6.07, 6.45) is 5.09. The number of anilines is 1. The Labute approximate surface area is 201 Å². The highest BCUT2D eigenvalue weighted by molar-refractivity contribution is 8.06. The molecule has 0 radical (unpaired) electrons. The molecule has 1 aromatic carbocycles. The van der Waals surface area contributed by atoms with Gasteiger partial charge in [0.2, 0.25) is 5.95 Å². The van der Waals surface area contributed by atoms with Gasteiger partial charge in [0.1, 0.15) is 17.2 Å². The second-order valence-electron chi connectivity index (χ2n) is 7.41. The van der Waals surface area contributed by atoms with Gasteiger partial charge in [0.15, 0.2) is 0 Å². The first-order chi connectivity index (χ1) is 16.4. The summed E-state index contributed by atoms with van der Waals surface area (Å²) in [5, 5.41) is 8.62. The molecule has 0 saturated carbocycles. The lowest BCUT2D eigenvalue weighted by Crippen LogP contribution is -2.18. The molecular formula is C25H24N6O2S. The molecule has 1 amide bonds. The van der Waals surface area contributed by atoms with Crippen molar-refractivity contribution in [3.63, 3.8) is 0 Å². The van der Waals surface area contributed by atoms with Crippen LogP contribution in [-0.2, 0) is 7.05 Å². The van der Waals surface area contributed by atoms with Crippen LogP contribution in [0.2, 0.25) is 0 Å². The van der Waals surface area contributed by atoms with Crippen LogP contribution in [0.4, 0.5) is 5.95 Å². The maximum atomic E-state index is 11.8. The van der Waals surface area contributed by atoms with Gasteiger partial charge in [-0.1, -0.05) is 18.3 Å². The van der Waals surface area contributed by atoms with Crippen LogP contribution in [0.5, 0.6) is 11.5 Å². The number of benzene rings is 1. The highest BCUT2D eigenvalue weighted by Crippen LogP contribution is 2.29. The number of thioether (sulfide) groups is 1. The summed E-state index contributed by atoms with van der Waals surface area (Å²) in [6.45, 7) is 6.16. The zero-order valence-corrected chi connectivity index (χ0v) is 19.9. The van der Waals surface area contributed by atoms with E-state index >= 15 is 0 Å². The summed E-state index contributed by atoms with van der Waals surface area (Å²) < 4.78 is 7.89. The lowest BCUT2D eigenvalue weighted by molar-refractivity contribution is 0.0958. The Morgan fingerprint density at radius 2 is 1.88 bits per heavy atom. The van der Waals surface area contributed by atoms with E-state index in [2.05, 4.69) is 27.2 Å². The molecule has 0 spiro atoms. The molecule has 34 heavy (non-hydrogen) atoms. The van der Waals surface area contributed by atoms with Crippen LogP contribution in [-0.4, -0.2) is 32.5 Å². The van der Waals surface area contributed by atoms with Crippen molar-refractivity contribution in [3.8, 4) is 11.5 Å². The van der Waals surface area contributed by atoms with Crippen molar-refractivity contribution >= 4 is 40.2 Å². The minimum atomic E-state index is -0.273. The minimum absolute atomic E-state index is 0.273. The quantitative estimate of drug-likeness (QED) is 0.364. The van der Waals surface area contributed by atoms with Gasteiger partial charge in [0, 0.05) is 44.8 Å². The molecule has 0 fully saturated rings. The summed E-state index contributed by atoms with van der Waals surface area (Å²) in [7, 11) is 3.50. The maximum absolute atomic E-state index is 11.8. The van der Waals surface area contributed by atoms with E-state index in [1.165, 1.54) is 18.0 Å². The molecule has 8 nitrogen and oxygen atoms in total. The van der Waals surface area contributed by atoms with Gasteiger partial charge in [-0.25, -0.2) is 4.98 Å². The molecule has 3 aromatic heterocycles. The molecule has 4 aromatic rings. The molecule has 2 N–H and O–H groups in total. The highest BCUT2D eigenvalue weighted by atomic mass is 32.2. The number of hydrogen-bond donors (Lipinski definition) is 2. The fourth-order valence-corrected chi connectivity index (χ4v) is 3.82. The summed E-state index contributed by atoms with van der Waals surface area (Å²) >= 11 is 1.50. The van der Waals surface area contributed by atoms with E-state index in [4.69, 9.17) is 9.72 Å². The van der Waals surface area contributed by atoms with Gasteiger partial charge < -0.3 is 19.9 Å². The first-order valence-corrected chi connectivity index (χ1v) is 11.3. The molecule has 0 aliphatic heterocycles. The van der Waals surface area contributed by atoms with Gasteiger partial charge in [0.05, 0.1) is 16.1 Å². The zero-order chi connectivity index (χ0) is 24.1. The van der Waals surface area contributed by atoms with Crippen molar-refractivity contribution in [2.24, 2.45) is 7.05 Å². The first kappa shape index (κ1) is 23.1. The van der Waals surface area contributed by atoms with Crippen LogP contribution < -0.4 is 15.4 Å². The Morgan fingerprint density at radius 1 is 1.12 bits per heavy atom. The number of hydrogen-bond acceptors (Lipinski definition) is 7. The smallest absolute Gasteiger partial charge is 0.269 e. The Hall–Kier alpha value is -4.11. The Morgan fingerprint density at radius 3 is 2.65 bits per heavy atom. The van der Waals surface area contributed by atoms with Crippen LogP contribution in [0.3, 0.4) is 0 Å². The maximum Gasteiger partial charge on any atom is 0.269 e. The number of fused-ring (bicyclic) bond motifs is 1. The normalized spacial score (nSPS) is 11.3. The van der Waals surface area contributed by atoms with Crippen molar-refractivity contribution in [3.05, 3.63) is 89.3 Å². The van der Waals surface area contributed by atoms with Crippen molar-refractivity contribution in [1.82, 2.24) is 24.8 Å². The average molecular weight is 473 g/mol. The fraction of sp³-hybridized carbons (Fsp3) is 0.120. The molecular weight excluding hydrogens is 448 g/mol. The van der Waals surface area contributed by atoms with Gasteiger partial charge in [0.25, 0.3) is 5.91 Å². The Kier molecular flexibility index (Phi) is 6.93. The van der Waals surface area contributed by atoms with Crippen molar-refractivity contribution in [2.75, 3.05) is 12.4 Å². The molecule has 4 rings (SSSR count). The number of carbonyl (C=O) groups is 1. The van der Waals surface area contributed by atoms with Gasteiger partial charge in [-0.2, -0.15) is 0 Å². The third kappa shape index (κ3) is 5.26. The number of amides is 1. The van der Waals surface area contributed by atoms with E-state index in [1.807, 2.05) is 54.3 Å². The van der Waals surface area contributed by atoms with Gasteiger partial charge in [-0.15, -0.1) is 0 Å². The van der Waals surface area contributed by atoms with E-state index < -0.39 is 0 Å². The fourth-order valence-electron chi connectivity index (χ4n) is 3.21. The van der Waals surface area contributed by atoms with Crippen LogP contribution in [0, 0.1) is 0 Å². The lowest BCUT2D eigenvalue weighted by atomic mass is 10.1. The molecule has 0 saturated heterocycles. The van der Waals surface area contributed by atoms with Crippen LogP contribution in [0.1, 0.15) is 23.0 Å². The first-order valence-electron chi connectivity index (χ1n) is 10.5.